The summed E-state index contributed by atoms with van der Waals surface area (Å²) in [6.45, 7) is 2.65. The van der Waals surface area contributed by atoms with Crippen LogP contribution in [0.4, 0.5) is 0 Å². The molecule has 0 aliphatic heterocycles. The maximum atomic E-state index is 12.5. The third-order valence-corrected chi connectivity index (χ3v) is 4.62. The molecule has 0 heterocycles. The molecule has 0 bridgehead atoms. The summed E-state index contributed by atoms with van der Waals surface area (Å²) < 4.78 is 0. The molecule has 3 nitrogen and oxygen atoms in total. The monoisotopic (exact) mass is 238 g/mol. The molecule has 2 aliphatic rings. The Balaban J connectivity index is 1.96. The number of rotatable bonds is 4. The fraction of sp³-hybridized carbons (Fsp3) is 0.929. The zero-order chi connectivity index (χ0) is 12.3. The van der Waals surface area contributed by atoms with Crippen molar-refractivity contribution in [3.05, 3.63) is 0 Å². The standard InChI is InChI=1S/C14H26N2O/c1-11(12-6-7-12)16-13(17)14(10-15)8-4-2-3-5-9-14/h11-12H,2-10,15H2,1H3,(H,16,17). The van der Waals surface area contributed by atoms with Crippen LogP contribution in [-0.2, 0) is 4.79 Å². The normalized spacial score (nSPS) is 26.0. The van der Waals surface area contributed by atoms with Gasteiger partial charge in [-0.1, -0.05) is 25.7 Å². The minimum Gasteiger partial charge on any atom is -0.353 e. The Kier molecular flexibility index (Phi) is 4.08. The second-order valence-corrected chi connectivity index (χ2v) is 6.00. The Morgan fingerprint density at radius 3 is 2.35 bits per heavy atom. The molecule has 98 valence electrons. The first kappa shape index (κ1) is 12.9. The van der Waals surface area contributed by atoms with Gasteiger partial charge in [0.05, 0.1) is 5.41 Å². The van der Waals surface area contributed by atoms with E-state index in [0.717, 1.165) is 31.6 Å². The van der Waals surface area contributed by atoms with Gasteiger partial charge in [-0.2, -0.15) is 0 Å². The van der Waals surface area contributed by atoms with Crippen molar-refractivity contribution >= 4 is 5.91 Å². The second kappa shape index (κ2) is 5.38. The van der Waals surface area contributed by atoms with Crippen LogP contribution in [0.2, 0.25) is 0 Å². The highest BCUT2D eigenvalue weighted by Gasteiger charge is 2.39. The summed E-state index contributed by atoms with van der Waals surface area (Å²) in [5.41, 5.74) is 5.65. The van der Waals surface area contributed by atoms with Gasteiger partial charge in [-0.25, -0.2) is 0 Å². The van der Waals surface area contributed by atoms with Crippen LogP contribution < -0.4 is 11.1 Å². The lowest BCUT2D eigenvalue weighted by Crippen LogP contribution is -2.49. The molecule has 17 heavy (non-hydrogen) atoms. The number of nitrogens with two attached hydrogens (primary N) is 1. The van der Waals surface area contributed by atoms with E-state index in [2.05, 4.69) is 12.2 Å². The predicted octanol–water partition coefficient (Wildman–Crippen LogP) is 2.20. The molecule has 1 amide bonds. The average molecular weight is 238 g/mol. The molecule has 2 fully saturated rings. The molecule has 2 rings (SSSR count). The average Bonchev–Trinajstić information content (AvgIpc) is 3.16. The third kappa shape index (κ3) is 3.01. The molecule has 1 atom stereocenters. The lowest BCUT2D eigenvalue weighted by Gasteiger charge is -2.31. The highest BCUT2D eigenvalue weighted by atomic mass is 16.2. The van der Waals surface area contributed by atoms with Gasteiger partial charge in [0.15, 0.2) is 0 Å². The second-order valence-electron chi connectivity index (χ2n) is 6.00. The summed E-state index contributed by atoms with van der Waals surface area (Å²) in [5.74, 6) is 0.945. The summed E-state index contributed by atoms with van der Waals surface area (Å²) in [6, 6.07) is 0.342. The van der Waals surface area contributed by atoms with Crippen LogP contribution in [0, 0.1) is 11.3 Å². The first-order chi connectivity index (χ1) is 8.18. The summed E-state index contributed by atoms with van der Waals surface area (Å²) in [7, 11) is 0. The first-order valence-corrected chi connectivity index (χ1v) is 7.19. The zero-order valence-electron chi connectivity index (χ0n) is 11.0. The molecule has 0 radical (unpaired) electrons. The van der Waals surface area contributed by atoms with Crippen molar-refractivity contribution in [2.24, 2.45) is 17.1 Å². The molecular weight excluding hydrogens is 212 g/mol. The number of hydrogen-bond acceptors (Lipinski definition) is 2. The van der Waals surface area contributed by atoms with Crippen LogP contribution in [0.15, 0.2) is 0 Å². The highest BCUT2D eigenvalue weighted by molar-refractivity contribution is 5.83. The molecule has 0 aromatic carbocycles. The Bertz CT molecular complexity index is 265. The molecule has 3 N–H and O–H groups in total. The number of carbonyl (C=O) groups excluding carboxylic acids is 1. The van der Waals surface area contributed by atoms with Crippen LogP contribution in [0.5, 0.6) is 0 Å². The van der Waals surface area contributed by atoms with E-state index in [1.54, 1.807) is 0 Å². The molecule has 0 spiro atoms. The van der Waals surface area contributed by atoms with Crippen molar-refractivity contribution < 1.29 is 4.79 Å². The van der Waals surface area contributed by atoms with Gasteiger partial charge in [0.1, 0.15) is 0 Å². The summed E-state index contributed by atoms with van der Waals surface area (Å²) in [6.07, 6.45) is 9.33. The van der Waals surface area contributed by atoms with Gasteiger partial charge in [0, 0.05) is 12.6 Å². The number of amides is 1. The smallest absolute Gasteiger partial charge is 0.227 e. The van der Waals surface area contributed by atoms with Gasteiger partial charge in [-0.15, -0.1) is 0 Å². The van der Waals surface area contributed by atoms with E-state index >= 15 is 0 Å². The van der Waals surface area contributed by atoms with Crippen molar-refractivity contribution in [2.45, 2.75) is 64.3 Å². The third-order valence-electron chi connectivity index (χ3n) is 4.62. The minimum atomic E-state index is -0.264. The lowest BCUT2D eigenvalue weighted by atomic mass is 9.79. The first-order valence-electron chi connectivity index (χ1n) is 7.19. The zero-order valence-corrected chi connectivity index (χ0v) is 11.0. The van der Waals surface area contributed by atoms with Gasteiger partial charge < -0.3 is 11.1 Å². The summed E-state index contributed by atoms with van der Waals surface area (Å²) >= 11 is 0. The van der Waals surface area contributed by atoms with E-state index in [4.69, 9.17) is 5.73 Å². The number of hydrogen-bond donors (Lipinski definition) is 2. The van der Waals surface area contributed by atoms with Crippen molar-refractivity contribution in [2.75, 3.05) is 6.54 Å². The maximum absolute atomic E-state index is 12.5. The highest BCUT2D eigenvalue weighted by Crippen LogP contribution is 2.36. The minimum absolute atomic E-state index is 0.223. The fourth-order valence-electron chi connectivity index (χ4n) is 3.00. The Morgan fingerprint density at radius 1 is 1.29 bits per heavy atom. The van der Waals surface area contributed by atoms with E-state index < -0.39 is 0 Å². The van der Waals surface area contributed by atoms with Gasteiger partial charge >= 0.3 is 0 Å². The van der Waals surface area contributed by atoms with Gasteiger partial charge in [0.2, 0.25) is 5.91 Å². The molecule has 2 aliphatic carbocycles. The topological polar surface area (TPSA) is 55.1 Å². The van der Waals surface area contributed by atoms with E-state index in [-0.39, 0.29) is 11.3 Å². The van der Waals surface area contributed by atoms with Crippen LogP contribution >= 0.6 is 0 Å². The Labute approximate surface area is 105 Å². The van der Waals surface area contributed by atoms with Crippen LogP contribution in [0.1, 0.15) is 58.3 Å². The van der Waals surface area contributed by atoms with Gasteiger partial charge in [-0.05, 0) is 38.5 Å². The summed E-state index contributed by atoms with van der Waals surface area (Å²) in [4.78, 5) is 12.5. The maximum Gasteiger partial charge on any atom is 0.227 e. The molecule has 1 unspecified atom stereocenters. The predicted molar refractivity (Wildman–Crippen MR) is 69.5 cm³/mol. The molecule has 0 saturated heterocycles. The van der Waals surface area contributed by atoms with E-state index in [1.807, 2.05) is 0 Å². The van der Waals surface area contributed by atoms with Gasteiger partial charge in [-0.3, -0.25) is 4.79 Å². The van der Waals surface area contributed by atoms with Gasteiger partial charge in [0.25, 0.3) is 0 Å². The molecule has 0 aromatic heterocycles. The van der Waals surface area contributed by atoms with Crippen molar-refractivity contribution in [3.8, 4) is 0 Å². The van der Waals surface area contributed by atoms with E-state index in [1.165, 1.54) is 25.7 Å². The number of carbonyl (C=O) groups is 1. The molecule has 0 aromatic rings. The Hall–Kier alpha value is -0.570. The van der Waals surface area contributed by atoms with E-state index in [9.17, 15) is 4.79 Å². The molecule has 3 heteroatoms. The fourth-order valence-corrected chi connectivity index (χ4v) is 3.00. The largest absolute Gasteiger partial charge is 0.353 e. The van der Waals surface area contributed by atoms with Crippen LogP contribution in [-0.4, -0.2) is 18.5 Å². The quantitative estimate of drug-likeness (QED) is 0.738. The molecular formula is C14H26N2O. The van der Waals surface area contributed by atoms with Crippen LogP contribution in [0.25, 0.3) is 0 Å². The lowest BCUT2D eigenvalue weighted by molar-refractivity contribution is -0.132. The van der Waals surface area contributed by atoms with Crippen molar-refractivity contribution in [3.63, 3.8) is 0 Å². The van der Waals surface area contributed by atoms with E-state index in [0.29, 0.717) is 12.6 Å². The SMILES string of the molecule is CC(NC(=O)C1(CN)CCCCCC1)C1CC1. The number of nitrogens with one attached hydrogen (secondary N) is 1. The Morgan fingerprint density at radius 2 is 1.88 bits per heavy atom. The van der Waals surface area contributed by atoms with Crippen molar-refractivity contribution in [1.29, 1.82) is 0 Å². The van der Waals surface area contributed by atoms with Crippen LogP contribution in [0.3, 0.4) is 0 Å². The molecule has 2 saturated carbocycles. The summed E-state index contributed by atoms with van der Waals surface area (Å²) in [5, 5.41) is 3.21. The van der Waals surface area contributed by atoms with Crippen molar-refractivity contribution in [1.82, 2.24) is 5.32 Å².